The summed E-state index contributed by atoms with van der Waals surface area (Å²) in [5.41, 5.74) is 1.82. The minimum Gasteiger partial charge on any atom is -0.458 e. The molecule has 2 heterocycles. The maximum atomic E-state index is 10.9. The van der Waals surface area contributed by atoms with Gasteiger partial charge in [-0.3, -0.25) is 4.90 Å². The number of aliphatic hydroxyl groups excluding tert-OH is 1. The molecular formula is C18H25NO2. The van der Waals surface area contributed by atoms with Crippen molar-refractivity contribution in [3.05, 3.63) is 35.6 Å². The molecule has 1 aliphatic heterocycles. The van der Waals surface area contributed by atoms with Crippen LogP contribution < -0.4 is 0 Å². The van der Waals surface area contributed by atoms with Gasteiger partial charge < -0.3 is 9.52 Å². The van der Waals surface area contributed by atoms with Crippen molar-refractivity contribution in [1.82, 2.24) is 4.90 Å². The molecule has 1 aromatic heterocycles. The lowest BCUT2D eigenvalue weighted by Crippen LogP contribution is -2.48. The van der Waals surface area contributed by atoms with Gasteiger partial charge in [-0.1, -0.05) is 18.6 Å². The van der Waals surface area contributed by atoms with Crippen LogP contribution in [0.25, 0.3) is 11.0 Å². The molecule has 0 aliphatic carbocycles. The van der Waals surface area contributed by atoms with Gasteiger partial charge in [0.15, 0.2) is 0 Å². The third-order valence-corrected chi connectivity index (χ3v) is 5.09. The Hall–Kier alpha value is -1.32. The highest BCUT2D eigenvalue weighted by molar-refractivity contribution is 5.78. The Morgan fingerprint density at radius 1 is 1.29 bits per heavy atom. The summed E-state index contributed by atoms with van der Waals surface area (Å²) in [4.78, 5) is 2.41. The Bertz CT molecular complexity index is 627. The fourth-order valence-electron chi connectivity index (χ4n) is 3.44. The number of hydrogen-bond acceptors (Lipinski definition) is 3. The van der Waals surface area contributed by atoms with Crippen molar-refractivity contribution in [1.29, 1.82) is 0 Å². The van der Waals surface area contributed by atoms with Gasteiger partial charge in [0.2, 0.25) is 0 Å². The number of benzene rings is 1. The largest absolute Gasteiger partial charge is 0.458 e. The molecule has 1 saturated heterocycles. The monoisotopic (exact) mass is 287 g/mol. The molecule has 0 saturated carbocycles. The van der Waals surface area contributed by atoms with Crippen LogP contribution in [-0.4, -0.2) is 28.6 Å². The van der Waals surface area contributed by atoms with Crippen molar-refractivity contribution >= 4 is 11.0 Å². The van der Waals surface area contributed by atoms with Crippen LogP contribution in [-0.2, 0) is 0 Å². The number of fused-ring (bicyclic) bond motifs is 1. The number of aryl methyl sites for hydroxylation is 1. The van der Waals surface area contributed by atoms with Crippen LogP contribution in [0, 0.1) is 6.92 Å². The standard InChI is InChI=1S/C18H25NO2/c1-4-18(3,19-9-5-6-10-19)17(20)16-12-14-11-13(2)7-8-15(14)21-16/h7-8,11-12,17,20H,4-6,9-10H2,1-3H3. The smallest absolute Gasteiger partial charge is 0.135 e. The van der Waals surface area contributed by atoms with Crippen molar-refractivity contribution in [2.45, 2.75) is 51.7 Å². The first-order chi connectivity index (χ1) is 10.0. The molecule has 1 aromatic carbocycles. The molecule has 114 valence electrons. The molecule has 1 fully saturated rings. The first-order valence-corrected chi connectivity index (χ1v) is 7.98. The van der Waals surface area contributed by atoms with Gasteiger partial charge >= 0.3 is 0 Å². The van der Waals surface area contributed by atoms with Crippen molar-refractivity contribution in [3.63, 3.8) is 0 Å². The molecule has 0 spiro atoms. The lowest BCUT2D eigenvalue weighted by molar-refractivity contribution is -0.0246. The topological polar surface area (TPSA) is 36.6 Å². The first-order valence-electron chi connectivity index (χ1n) is 7.98. The third-order valence-electron chi connectivity index (χ3n) is 5.09. The maximum absolute atomic E-state index is 10.9. The Balaban J connectivity index is 1.95. The number of furan rings is 1. The van der Waals surface area contributed by atoms with Gasteiger partial charge in [0.1, 0.15) is 17.4 Å². The molecule has 2 aromatic rings. The van der Waals surface area contributed by atoms with Crippen LogP contribution in [0.1, 0.15) is 50.5 Å². The van der Waals surface area contributed by atoms with Gasteiger partial charge in [0.25, 0.3) is 0 Å². The quantitative estimate of drug-likeness (QED) is 0.922. The molecule has 3 nitrogen and oxygen atoms in total. The summed E-state index contributed by atoms with van der Waals surface area (Å²) in [6, 6.07) is 8.13. The normalized spacial score (nSPS) is 20.8. The summed E-state index contributed by atoms with van der Waals surface area (Å²) in [5.74, 6) is 0.687. The summed E-state index contributed by atoms with van der Waals surface area (Å²) in [7, 11) is 0. The van der Waals surface area contributed by atoms with E-state index in [1.54, 1.807) is 0 Å². The van der Waals surface area contributed by atoms with Gasteiger partial charge in [0, 0.05) is 5.39 Å². The summed E-state index contributed by atoms with van der Waals surface area (Å²) >= 11 is 0. The molecule has 2 atom stereocenters. The summed E-state index contributed by atoms with van der Waals surface area (Å²) < 4.78 is 5.92. The summed E-state index contributed by atoms with van der Waals surface area (Å²) in [5, 5.41) is 12.0. The molecule has 1 aliphatic rings. The number of rotatable bonds is 4. The second-order valence-corrected chi connectivity index (χ2v) is 6.50. The van der Waals surface area contributed by atoms with Crippen LogP contribution >= 0.6 is 0 Å². The zero-order valence-corrected chi connectivity index (χ0v) is 13.2. The lowest BCUT2D eigenvalue weighted by atomic mass is 9.88. The molecule has 0 radical (unpaired) electrons. The first kappa shape index (κ1) is 14.6. The number of hydrogen-bond donors (Lipinski definition) is 1. The van der Waals surface area contributed by atoms with Gasteiger partial charge in [0.05, 0.1) is 5.54 Å². The Morgan fingerprint density at radius 2 is 2.00 bits per heavy atom. The van der Waals surface area contributed by atoms with Crippen LogP contribution in [0.2, 0.25) is 0 Å². The van der Waals surface area contributed by atoms with E-state index in [0.717, 1.165) is 30.5 Å². The Morgan fingerprint density at radius 3 is 2.67 bits per heavy atom. The van der Waals surface area contributed by atoms with Crippen LogP contribution in [0.5, 0.6) is 0 Å². The predicted molar refractivity (Wildman–Crippen MR) is 85.4 cm³/mol. The minimum absolute atomic E-state index is 0.251. The molecule has 2 unspecified atom stereocenters. The van der Waals surface area contributed by atoms with Gasteiger partial charge in [-0.15, -0.1) is 0 Å². The van der Waals surface area contributed by atoms with Gasteiger partial charge in [-0.25, -0.2) is 0 Å². The van der Waals surface area contributed by atoms with E-state index < -0.39 is 6.10 Å². The summed E-state index contributed by atoms with van der Waals surface area (Å²) in [6.07, 6.45) is 2.77. The SMILES string of the molecule is CCC(C)(C(O)c1cc2cc(C)ccc2o1)N1CCCC1. The second kappa shape index (κ2) is 5.47. The highest BCUT2D eigenvalue weighted by Crippen LogP contribution is 2.38. The predicted octanol–water partition coefficient (Wildman–Crippen LogP) is 4.04. The number of nitrogens with zero attached hydrogens (tertiary/aromatic N) is 1. The molecule has 0 bridgehead atoms. The van der Waals surface area contributed by atoms with E-state index in [-0.39, 0.29) is 5.54 Å². The van der Waals surface area contributed by atoms with Crippen molar-refractivity contribution in [3.8, 4) is 0 Å². The molecular weight excluding hydrogens is 262 g/mol. The third kappa shape index (κ3) is 2.49. The van der Waals surface area contributed by atoms with Crippen LogP contribution in [0.3, 0.4) is 0 Å². The molecule has 1 N–H and O–H groups in total. The Labute approximate surface area is 126 Å². The maximum Gasteiger partial charge on any atom is 0.135 e. The zero-order chi connectivity index (χ0) is 15.0. The molecule has 21 heavy (non-hydrogen) atoms. The fourth-order valence-corrected chi connectivity index (χ4v) is 3.44. The lowest BCUT2D eigenvalue weighted by Gasteiger charge is -2.41. The van der Waals surface area contributed by atoms with E-state index in [4.69, 9.17) is 4.42 Å². The van der Waals surface area contributed by atoms with E-state index in [1.807, 2.05) is 18.2 Å². The van der Waals surface area contributed by atoms with E-state index in [2.05, 4.69) is 31.7 Å². The van der Waals surface area contributed by atoms with E-state index >= 15 is 0 Å². The van der Waals surface area contributed by atoms with Crippen LogP contribution in [0.15, 0.2) is 28.7 Å². The highest BCUT2D eigenvalue weighted by atomic mass is 16.4. The van der Waals surface area contributed by atoms with E-state index in [9.17, 15) is 5.11 Å². The van der Waals surface area contributed by atoms with E-state index in [0.29, 0.717) is 5.76 Å². The average molecular weight is 287 g/mol. The molecule has 3 rings (SSSR count). The second-order valence-electron chi connectivity index (χ2n) is 6.50. The highest BCUT2D eigenvalue weighted by Gasteiger charge is 2.40. The van der Waals surface area contributed by atoms with Crippen molar-refractivity contribution in [2.24, 2.45) is 0 Å². The van der Waals surface area contributed by atoms with Gasteiger partial charge in [-0.2, -0.15) is 0 Å². The fraction of sp³-hybridized carbons (Fsp3) is 0.556. The van der Waals surface area contributed by atoms with Crippen molar-refractivity contribution < 1.29 is 9.52 Å². The number of likely N-dealkylation sites (tertiary alicyclic amines) is 1. The zero-order valence-electron chi connectivity index (χ0n) is 13.2. The van der Waals surface area contributed by atoms with Gasteiger partial charge in [-0.05, 0) is 64.4 Å². The van der Waals surface area contributed by atoms with Crippen LogP contribution in [0.4, 0.5) is 0 Å². The van der Waals surface area contributed by atoms with Crippen molar-refractivity contribution in [2.75, 3.05) is 13.1 Å². The summed E-state index contributed by atoms with van der Waals surface area (Å²) in [6.45, 7) is 8.51. The van der Waals surface area contributed by atoms with E-state index in [1.165, 1.54) is 18.4 Å². The minimum atomic E-state index is -0.590. The average Bonchev–Trinajstić information content (AvgIpc) is 3.14. The Kier molecular flexibility index (Phi) is 3.80. The molecule has 3 heteroatoms. The number of aliphatic hydroxyl groups is 1. The molecule has 0 amide bonds.